The molecule has 1 N–H and O–H groups in total. The molecule has 2 aliphatic rings. The highest BCUT2D eigenvalue weighted by Gasteiger charge is 2.30. The molecule has 162 valence electrons. The van der Waals surface area contributed by atoms with Crippen molar-refractivity contribution in [3.8, 4) is 0 Å². The number of hydrogen-bond donors (Lipinski definition) is 1. The third-order valence-corrected chi connectivity index (χ3v) is 6.70. The number of carbonyl (C=O) groups excluding carboxylic acids is 3. The van der Waals surface area contributed by atoms with Gasteiger partial charge in [0.15, 0.2) is 5.13 Å². The SMILES string of the molecule is O=C(Nc1nc2c(s1)CN(Cc1ccccc1)CC2)c1cccc(N2C(=O)CCC2=O)c1. The zero-order valence-corrected chi connectivity index (χ0v) is 18.2. The van der Waals surface area contributed by atoms with Gasteiger partial charge in [-0.25, -0.2) is 4.98 Å². The third-order valence-electron chi connectivity index (χ3n) is 5.70. The maximum absolute atomic E-state index is 12.8. The van der Waals surface area contributed by atoms with Crippen molar-refractivity contribution in [2.24, 2.45) is 0 Å². The zero-order chi connectivity index (χ0) is 22.1. The van der Waals surface area contributed by atoms with Crippen molar-refractivity contribution >= 4 is 39.9 Å². The predicted molar refractivity (Wildman–Crippen MR) is 122 cm³/mol. The number of benzene rings is 2. The fourth-order valence-electron chi connectivity index (χ4n) is 4.10. The van der Waals surface area contributed by atoms with Crippen LogP contribution in [0.3, 0.4) is 0 Å². The summed E-state index contributed by atoms with van der Waals surface area (Å²) in [7, 11) is 0. The van der Waals surface area contributed by atoms with Gasteiger partial charge in [0.25, 0.3) is 5.91 Å². The lowest BCUT2D eigenvalue weighted by Crippen LogP contribution is -2.29. The van der Waals surface area contributed by atoms with Gasteiger partial charge in [0, 0.05) is 49.3 Å². The number of imide groups is 1. The normalized spacial score (nSPS) is 16.3. The van der Waals surface area contributed by atoms with Gasteiger partial charge in [-0.15, -0.1) is 11.3 Å². The standard InChI is InChI=1S/C24H22N4O3S/c29-21-9-10-22(30)28(21)18-8-4-7-17(13-18)23(31)26-24-25-19-11-12-27(15-20(19)32-24)14-16-5-2-1-3-6-16/h1-8,13H,9-12,14-15H2,(H,25,26,31). The molecule has 3 heterocycles. The fraction of sp³-hybridized carbons (Fsp3) is 0.250. The first-order valence-electron chi connectivity index (χ1n) is 10.6. The second kappa shape index (κ2) is 8.64. The number of nitrogens with zero attached hydrogens (tertiary/aromatic N) is 3. The van der Waals surface area contributed by atoms with Gasteiger partial charge in [-0.1, -0.05) is 36.4 Å². The molecule has 3 aromatic rings. The van der Waals surface area contributed by atoms with Crippen LogP contribution in [0.25, 0.3) is 0 Å². The molecule has 2 aromatic carbocycles. The molecule has 1 aromatic heterocycles. The van der Waals surface area contributed by atoms with E-state index in [0.29, 0.717) is 16.4 Å². The number of rotatable bonds is 5. The van der Waals surface area contributed by atoms with E-state index in [1.54, 1.807) is 24.3 Å². The Labute approximate surface area is 189 Å². The lowest BCUT2D eigenvalue weighted by molar-refractivity contribution is -0.121. The number of hydrogen-bond acceptors (Lipinski definition) is 6. The van der Waals surface area contributed by atoms with Crippen molar-refractivity contribution in [2.45, 2.75) is 32.4 Å². The van der Waals surface area contributed by atoms with Gasteiger partial charge >= 0.3 is 0 Å². The van der Waals surface area contributed by atoms with E-state index < -0.39 is 0 Å². The smallest absolute Gasteiger partial charge is 0.257 e. The first kappa shape index (κ1) is 20.5. The molecular formula is C24H22N4O3S. The third kappa shape index (κ3) is 4.19. The van der Waals surface area contributed by atoms with E-state index >= 15 is 0 Å². The number of nitrogens with one attached hydrogen (secondary N) is 1. The number of fused-ring (bicyclic) bond motifs is 1. The molecule has 0 bridgehead atoms. The molecule has 8 heteroatoms. The van der Waals surface area contributed by atoms with Gasteiger partial charge < -0.3 is 0 Å². The lowest BCUT2D eigenvalue weighted by atomic mass is 10.1. The monoisotopic (exact) mass is 446 g/mol. The summed E-state index contributed by atoms with van der Waals surface area (Å²) in [6.07, 6.45) is 1.27. The first-order valence-corrected chi connectivity index (χ1v) is 11.4. The maximum atomic E-state index is 12.8. The molecule has 0 unspecified atom stereocenters. The summed E-state index contributed by atoms with van der Waals surface area (Å²) in [4.78, 5) is 46.2. The number of amides is 3. The Hall–Kier alpha value is -3.36. The van der Waals surface area contributed by atoms with Crippen molar-refractivity contribution in [1.29, 1.82) is 0 Å². The van der Waals surface area contributed by atoms with Crippen molar-refractivity contribution in [2.75, 3.05) is 16.8 Å². The molecule has 2 aliphatic heterocycles. The molecule has 0 radical (unpaired) electrons. The topological polar surface area (TPSA) is 82.6 Å². The van der Waals surface area contributed by atoms with E-state index in [9.17, 15) is 14.4 Å². The number of carbonyl (C=O) groups is 3. The minimum Gasteiger partial charge on any atom is -0.298 e. The Morgan fingerprint density at radius 3 is 2.56 bits per heavy atom. The Morgan fingerprint density at radius 2 is 1.78 bits per heavy atom. The number of thiazole rings is 1. The van der Waals surface area contributed by atoms with Crippen LogP contribution in [0.4, 0.5) is 10.8 Å². The van der Waals surface area contributed by atoms with Gasteiger partial charge in [0.1, 0.15) is 0 Å². The number of aromatic nitrogens is 1. The highest BCUT2D eigenvalue weighted by atomic mass is 32.1. The van der Waals surface area contributed by atoms with Crippen LogP contribution in [-0.4, -0.2) is 34.2 Å². The average molecular weight is 447 g/mol. The van der Waals surface area contributed by atoms with E-state index in [-0.39, 0.29) is 30.6 Å². The van der Waals surface area contributed by atoms with Crippen molar-refractivity contribution in [3.63, 3.8) is 0 Å². The predicted octanol–water partition coefficient (Wildman–Crippen LogP) is 3.61. The van der Waals surface area contributed by atoms with Crippen LogP contribution < -0.4 is 10.2 Å². The van der Waals surface area contributed by atoms with Crippen molar-refractivity contribution in [1.82, 2.24) is 9.88 Å². The lowest BCUT2D eigenvalue weighted by Gasteiger charge is -2.25. The largest absolute Gasteiger partial charge is 0.298 e. The van der Waals surface area contributed by atoms with Gasteiger partial charge in [-0.3, -0.25) is 29.5 Å². The highest BCUT2D eigenvalue weighted by molar-refractivity contribution is 7.15. The van der Waals surface area contributed by atoms with Gasteiger partial charge in [0.2, 0.25) is 11.8 Å². The average Bonchev–Trinajstić information content (AvgIpc) is 3.35. The quantitative estimate of drug-likeness (QED) is 0.606. The van der Waals surface area contributed by atoms with Crippen LogP contribution >= 0.6 is 11.3 Å². The summed E-state index contributed by atoms with van der Waals surface area (Å²) in [6.45, 7) is 2.63. The summed E-state index contributed by atoms with van der Waals surface area (Å²) in [5.41, 5.74) is 3.13. The van der Waals surface area contributed by atoms with E-state index in [1.807, 2.05) is 6.07 Å². The van der Waals surface area contributed by atoms with Crippen molar-refractivity contribution < 1.29 is 14.4 Å². The van der Waals surface area contributed by atoms with Gasteiger partial charge in [0.05, 0.1) is 11.4 Å². The van der Waals surface area contributed by atoms with Gasteiger partial charge in [-0.2, -0.15) is 0 Å². The molecule has 3 amide bonds. The molecule has 1 fully saturated rings. The van der Waals surface area contributed by atoms with Crippen LogP contribution in [0, 0.1) is 0 Å². The Morgan fingerprint density at radius 1 is 1.00 bits per heavy atom. The molecular weight excluding hydrogens is 424 g/mol. The number of anilines is 2. The molecule has 0 spiro atoms. The summed E-state index contributed by atoms with van der Waals surface area (Å²) in [5.74, 6) is -0.779. The summed E-state index contributed by atoms with van der Waals surface area (Å²) in [5, 5.41) is 3.45. The first-order chi connectivity index (χ1) is 15.6. The summed E-state index contributed by atoms with van der Waals surface area (Å²) >= 11 is 1.50. The van der Waals surface area contributed by atoms with E-state index in [1.165, 1.54) is 21.8 Å². The minimum atomic E-state index is -0.307. The fourth-order valence-corrected chi connectivity index (χ4v) is 5.14. The van der Waals surface area contributed by atoms with Crippen LogP contribution in [0.1, 0.15) is 39.3 Å². The molecule has 32 heavy (non-hydrogen) atoms. The zero-order valence-electron chi connectivity index (χ0n) is 17.4. The molecule has 5 rings (SSSR count). The van der Waals surface area contributed by atoms with Crippen molar-refractivity contribution in [3.05, 3.63) is 76.3 Å². The summed E-state index contributed by atoms with van der Waals surface area (Å²) in [6, 6.07) is 17.0. The molecule has 0 saturated carbocycles. The Bertz CT molecular complexity index is 1170. The summed E-state index contributed by atoms with van der Waals surface area (Å²) < 4.78 is 0. The molecule has 0 aliphatic carbocycles. The highest BCUT2D eigenvalue weighted by Crippen LogP contribution is 2.30. The molecule has 1 saturated heterocycles. The maximum Gasteiger partial charge on any atom is 0.257 e. The Kier molecular flexibility index (Phi) is 5.55. The second-order valence-corrected chi connectivity index (χ2v) is 9.05. The van der Waals surface area contributed by atoms with E-state index in [4.69, 9.17) is 0 Å². The van der Waals surface area contributed by atoms with Crippen LogP contribution in [-0.2, 0) is 29.1 Å². The van der Waals surface area contributed by atoms with E-state index in [2.05, 4.69) is 39.5 Å². The minimum absolute atomic E-state index is 0.210. The van der Waals surface area contributed by atoms with Gasteiger partial charge in [-0.05, 0) is 23.8 Å². The van der Waals surface area contributed by atoms with Crippen LogP contribution in [0.5, 0.6) is 0 Å². The second-order valence-electron chi connectivity index (χ2n) is 7.96. The van der Waals surface area contributed by atoms with Crippen LogP contribution in [0.15, 0.2) is 54.6 Å². The Balaban J connectivity index is 1.27. The van der Waals surface area contributed by atoms with E-state index in [0.717, 1.165) is 36.6 Å². The van der Waals surface area contributed by atoms with Crippen LogP contribution in [0.2, 0.25) is 0 Å². The molecule has 7 nitrogen and oxygen atoms in total. The molecule has 0 atom stereocenters.